The van der Waals surface area contributed by atoms with Crippen molar-refractivity contribution in [1.29, 1.82) is 0 Å². The van der Waals surface area contributed by atoms with Crippen LogP contribution in [-0.2, 0) is 12.8 Å². The largest absolute Gasteiger partial charge is 0.497 e. The first-order chi connectivity index (χ1) is 13.7. The van der Waals surface area contributed by atoms with Gasteiger partial charge >= 0.3 is 6.03 Å². The summed E-state index contributed by atoms with van der Waals surface area (Å²) in [7, 11) is 1.66. The van der Waals surface area contributed by atoms with Crippen molar-refractivity contribution in [3.05, 3.63) is 41.9 Å². The normalized spacial score (nSPS) is 17.7. The lowest BCUT2D eigenvalue weighted by atomic mass is 10.0. The van der Waals surface area contributed by atoms with Crippen molar-refractivity contribution in [1.82, 2.24) is 14.9 Å². The van der Waals surface area contributed by atoms with Gasteiger partial charge in [0.1, 0.15) is 17.9 Å². The van der Waals surface area contributed by atoms with Crippen LogP contribution in [0.3, 0.4) is 0 Å². The van der Waals surface area contributed by atoms with E-state index in [-0.39, 0.29) is 12.1 Å². The Morgan fingerprint density at radius 1 is 1.18 bits per heavy atom. The van der Waals surface area contributed by atoms with Crippen LogP contribution in [0.1, 0.15) is 31.0 Å². The summed E-state index contributed by atoms with van der Waals surface area (Å²) < 4.78 is 5.32. The number of aromatic nitrogens is 2. The molecule has 7 nitrogen and oxygen atoms in total. The van der Waals surface area contributed by atoms with E-state index in [1.807, 2.05) is 23.1 Å². The molecule has 7 heteroatoms. The Kier molecular flexibility index (Phi) is 5.32. The van der Waals surface area contributed by atoms with Gasteiger partial charge in [0.2, 0.25) is 0 Å². The zero-order chi connectivity index (χ0) is 19.5. The number of fused-ring (bicyclic) bond motifs is 1. The van der Waals surface area contributed by atoms with Gasteiger partial charge in [0.05, 0.1) is 7.11 Å². The van der Waals surface area contributed by atoms with Gasteiger partial charge in [-0.15, -0.1) is 0 Å². The van der Waals surface area contributed by atoms with Crippen LogP contribution in [0, 0.1) is 0 Å². The molecule has 0 unspecified atom stereocenters. The first-order valence-electron chi connectivity index (χ1n) is 9.98. The molecule has 1 aromatic heterocycles. The fourth-order valence-corrected chi connectivity index (χ4v) is 4.06. The number of amides is 2. The van der Waals surface area contributed by atoms with Crippen LogP contribution in [0.25, 0.3) is 0 Å². The van der Waals surface area contributed by atoms with E-state index >= 15 is 0 Å². The molecule has 2 amide bonds. The zero-order valence-corrected chi connectivity index (χ0v) is 16.5. The van der Waals surface area contributed by atoms with Gasteiger partial charge in [-0.2, -0.15) is 0 Å². The number of methoxy groups -OCH3 is 1. The Bertz CT molecular complexity index is 848. The summed E-state index contributed by atoms with van der Waals surface area (Å²) in [6.07, 6.45) is 5.27. The van der Waals surface area contributed by atoms with E-state index < -0.39 is 0 Å². The quantitative estimate of drug-likeness (QED) is 0.881. The summed E-state index contributed by atoms with van der Waals surface area (Å²) in [6.45, 7) is 4.62. The summed E-state index contributed by atoms with van der Waals surface area (Å²) >= 11 is 0. The van der Waals surface area contributed by atoms with Crippen LogP contribution < -0.4 is 15.0 Å². The van der Waals surface area contributed by atoms with Crippen molar-refractivity contribution in [3.8, 4) is 5.75 Å². The Morgan fingerprint density at radius 2 is 2.00 bits per heavy atom. The van der Waals surface area contributed by atoms with Crippen molar-refractivity contribution in [2.75, 3.05) is 37.0 Å². The fourth-order valence-electron chi connectivity index (χ4n) is 4.06. The second-order valence-electron chi connectivity index (χ2n) is 7.34. The predicted octanol–water partition coefficient (Wildman–Crippen LogP) is 3.11. The minimum Gasteiger partial charge on any atom is -0.497 e. The lowest BCUT2D eigenvalue weighted by Gasteiger charge is -2.38. The van der Waals surface area contributed by atoms with Gasteiger partial charge in [-0.05, 0) is 49.4 Å². The van der Waals surface area contributed by atoms with E-state index in [1.165, 1.54) is 0 Å². The molecule has 28 heavy (non-hydrogen) atoms. The van der Waals surface area contributed by atoms with Crippen LogP contribution in [0.4, 0.5) is 16.3 Å². The number of piperidine rings is 1. The SMILES string of the molecule is CCc1cc(N2CCC(N3CCc4cc(OC)ccc4NC3=O)CC2)ncn1. The monoisotopic (exact) mass is 381 g/mol. The van der Waals surface area contributed by atoms with Gasteiger partial charge in [-0.1, -0.05) is 6.92 Å². The van der Waals surface area contributed by atoms with Gasteiger partial charge in [0.25, 0.3) is 0 Å². The van der Waals surface area contributed by atoms with E-state index in [1.54, 1.807) is 13.4 Å². The van der Waals surface area contributed by atoms with Gasteiger partial charge in [0, 0.05) is 43.1 Å². The molecule has 0 radical (unpaired) electrons. The molecule has 3 heterocycles. The summed E-state index contributed by atoms with van der Waals surface area (Å²) in [4.78, 5) is 25.8. The number of nitrogens with zero attached hydrogens (tertiary/aromatic N) is 4. The Hall–Kier alpha value is -2.83. The molecule has 0 aliphatic carbocycles. The van der Waals surface area contributed by atoms with E-state index in [0.29, 0.717) is 0 Å². The lowest BCUT2D eigenvalue weighted by molar-refractivity contribution is 0.177. The van der Waals surface area contributed by atoms with Crippen LogP contribution >= 0.6 is 0 Å². The molecule has 2 aliphatic rings. The molecule has 0 bridgehead atoms. The van der Waals surface area contributed by atoms with E-state index in [4.69, 9.17) is 4.74 Å². The molecule has 2 aliphatic heterocycles. The third kappa shape index (κ3) is 3.74. The smallest absolute Gasteiger partial charge is 0.322 e. The Labute approximate surface area is 165 Å². The molecule has 148 valence electrons. The number of benzene rings is 1. The molecule has 1 aromatic carbocycles. The molecule has 1 N–H and O–H groups in total. The third-order valence-corrected chi connectivity index (χ3v) is 5.74. The van der Waals surface area contributed by atoms with Crippen molar-refractivity contribution >= 4 is 17.5 Å². The van der Waals surface area contributed by atoms with Crippen molar-refractivity contribution in [2.24, 2.45) is 0 Å². The second kappa shape index (κ2) is 8.04. The first-order valence-corrected chi connectivity index (χ1v) is 9.98. The molecule has 0 spiro atoms. The van der Waals surface area contributed by atoms with Crippen LogP contribution in [0.5, 0.6) is 5.75 Å². The van der Waals surface area contributed by atoms with Gasteiger partial charge in [0.15, 0.2) is 0 Å². The number of aryl methyl sites for hydroxylation is 1. The number of rotatable bonds is 4. The molecule has 0 saturated carbocycles. The van der Waals surface area contributed by atoms with Crippen molar-refractivity contribution in [2.45, 2.75) is 38.6 Å². The average molecular weight is 381 g/mol. The maximum absolute atomic E-state index is 12.8. The Morgan fingerprint density at radius 3 is 2.75 bits per heavy atom. The maximum Gasteiger partial charge on any atom is 0.322 e. The fraction of sp³-hybridized carbons (Fsp3) is 0.476. The number of hydrogen-bond acceptors (Lipinski definition) is 5. The minimum atomic E-state index is -0.00216. The predicted molar refractivity (Wildman–Crippen MR) is 109 cm³/mol. The highest BCUT2D eigenvalue weighted by Crippen LogP contribution is 2.28. The number of carbonyl (C=O) groups is 1. The van der Waals surface area contributed by atoms with Crippen LogP contribution in [0.2, 0.25) is 0 Å². The highest BCUT2D eigenvalue weighted by atomic mass is 16.5. The molecule has 4 rings (SSSR count). The second-order valence-corrected chi connectivity index (χ2v) is 7.34. The first kappa shape index (κ1) is 18.5. The van der Waals surface area contributed by atoms with Gasteiger partial charge in [-0.3, -0.25) is 0 Å². The maximum atomic E-state index is 12.8. The summed E-state index contributed by atoms with van der Waals surface area (Å²) in [6, 6.07) is 8.15. The number of ether oxygens (including phenoxy) is 1. The summed E-state index contributed by atoms with van der Waals surface area (Å²) in [5.74, 6) is 1.82. The topological polar surface area (TPSA) is 70.6 Å². The van der Waals surface area contributed by atoms with Crippen LogP contribution in [0.15, 0.2) is 30.6 Å². The molecule has 0 atom stereocenters. The zero-order valence-electron chi connectivity index (χ0n) is 16.5. The minimum absolute atomic E-state index is 0.00216. The molecular formula is C21H27N5O2. The summed E-state index contributed by atoms with van der Waals surface area (Å²) in [5.41, 5.74) is 3.08. The van der Waals surface area contributed by atoms with Crippen molar-refractivity contribution in [3.63, 3.8) is 0 Å². The van der Waals surface area contributed by atoms with E-state index in [2.05, 4.69) is 33.2 Å². The lowest BCUT2D eigenvalue weighted by Crippen LogP contribution is -2.49. The van der Waals surface area contributed by atoms with Gasteiger partial charge < -0.3 is 19.9 Å². The molecule has 2 aromatic rings. The highest BCUT2D eigenvalue weighted by molar-refractivity contribution is 5.91. The molecular weight excluding hydrogens is 354 g/mol. The number of urea groups is 1. The van der Waals surface area contributed by atoms with E-state index in [0.717, 1.165) is 73.8 Å². The molecule has 1 fully saturated rings. The van der Waals surface area contributed by atoms with Gasteiger partial charge in [-0.25, -0.2) is 14.8 Å². The number of hydrogen-bond donors (Lipinski definition) is 1. The highest BCUT2D eigenvalue weighted by Gasteiger charge is 2.30. The average Bonchev–Trinajstić information content (AvgIpc) is 2.91. The standard InChI is InChI=1S/C21H27N5O2/c1-3-16-13-20(23-14-22-16)25-9-7-17(8-10-25)26-11-6-15-12-18(28-2)4-5-19(15)24-21(26)27/h4-5,12-14,17H,3,6-11H2,1-2H3,(H,24,27). The van der Waals surface area contributed by atoms with Crippen molar-refractivity contribution < 1.29 is 9.53 Å². The number of anilines is 2. The van der Waals surface area contributed by atoms with Crippen LogP contribution in [-0.4, -0.2) is 53.7 Å². The third-order valence-electron chi connectivity index (χ3n) is 5.74. The Balaban J connectivity index is 1.41. The number of carbonyl (C=O) groups excluding carboxylic acids is 1. The summed E-state index contributed by atoms with van der Waals surface area (Å²) in [5, 5.41) is 3.08. The van der Waals surface area contributed by atoms with E-state index in [9.17, 15) is 4.79 Å². The number of nitrogens with one attached hydrogen (secondary N) is 1. The molecule has 1 saturated heterocycles.